The van der Waals surface area contributed by atoms with E-state index in [2.05, 4.69) is 12.2 Å². The topological polar surface area (TPSA) is 30.5 Å². The molecule has 0 aliphatic heterocycles. The molecule has 0 rings (SSSR count). The van der Waals surface area contributed by atoms with Gasteiger partial charge in [0.2, 0.25) is 0 Å². The highest BCUT2D eigenvalue weighted by Gasteiger charge is 2.07. The molecule has 0 aromatic heterocycles. The molecule has 0 spiro atoms. The average Bonchev–Trinajstić information content (AvgIpc) is 2.11. The minimum absolute atomic E-state index is 1.03. The van der Waals surface area contributed by atoms with Crippen LogP contribution in [0.1, 0.15) is 19.8 Å². The van der Waals surface area contributed by atoms with Crippen molar-refractivity contribution >= 4 is 9.28 Å². The van der Waals surface area contributed by atoms with Crippen LogP contribution in [0.5, 0.6) is 0 Å². The highest BCUT2D eigenvalue weighted by Crippen LogP contribution is 1.92. The van der Waals surface area contributed by atoms with Crippen molar-refractivity contribution in [2.45, 2.75) is 25.8 Å². The van der Waals surface area contributed by atoms with Crippen LogP contribution in [0.25, 0.3) is 0 Å². The first kappa shape index (κ1) is 12.1. The van der Waals surface area contributed by atoms with E-state index in [0.29, 0.717) is 0 Å². The van der Waals surface area contributed by atoms with E-state index < -0.39 is 9.28 Å². The van der Waals surface area contributed by atoms with Crippen LogP contribution in [0.15, 0.2) is 0 Å². The molecule has 0 aromatic rings. The fourth-order valence-electron chi connectivity index (χ4n) is 0.979. The van der Waals surface area contributed by atoms with Crippen LogP contribution >= 0.6 is 0 Å². The Hall–Kier alpha value is 0.0969. The van der Waals surface area contributed by atoms with Crippen molar-refractivity contribution in [3.05, 3.63) is 0 Å². The summed E-state index contributed by atoms with van der Waals surface area (Å²) in [4.78, 5) is 0. The maximum Gasteiger partial charge on any atom is 0.322 e. The summed E-state index contributed by atoms with van der Waals surface area (Å²) in [6.07, 6.45) is 2.51. The lowest BCUT2D eigenvalue weighted by atomic mass is 10.3. The molecule has 0 atom stereocenters. The van der Waals surface area contributed by atoms with Crippen molar-refractivity contribution in [2.75, 3.05) is 27.3 Å². The first-order valence-electron chi connectivity index (χ1n) is 4.61. The van der Waals surface area contributed by atoms with Crippen LogP contribution in [-0.4, -0.2) is 36.6 Å². The molecule has 3 nitrogen and oxygen atoms in total. The van der Waals surface area contributed by atoms with Crippen LogP contribution in [0, 0.1) is 0 Å². The van der Waals surface area contributed by atoms with E-state index in [1.165, 1.54) is 12.8 Å². The highest BCUT2D eigenvalue weighted by molar-refractivity contribution is 6.44. The molecule has 0 unspecified atom stereocenters. The monoisotopic (exact) mass is 191 g/mol. The standard InChI is InChI=1S/C8H21NO2Si/c1-4-5-6-9-7-8-12(10-2)11-3/h9,12H,4-8H2,1-3H3. The fourth-order valence-corrected chi connectivity index (χ4v) is 2.08. The predicted molar refractivity (Wildman–Crippen MR) is 53.8 cm³/mol. The van der Waals surface area contributed by atoms with Crippen molar-refractivity contribution in [1.29, 1.82) is 0 Å². The number of hydrogen-bond donors (Lipinski definition) is 1. The summed E-state index contributed by atoms with van der Waals surface area (Å²) >= 11 is 0. The number of hydrogen-bond acceptors (Lipinski definition) is 3. The maximum atomic E-state index is 5.18. The van der Waals surface area contributed by atoms with E-state index in [-0.39, 0.29) is 0 Å². The lowest BCUT2D eigenvalue weighted by molar-refractivity contribution is 0.277. The third kappa shape index (κ3) is 6.79. The Morgan fingerprint density at radius 2 is 1.83 bits per heavy atom. The third-order valence-corrected chi connectivity index (χ3v) is 3.60. The van der Waals surface area contributed by atoms with Gasteiger partial charge in [0, 0.05) is 20.3 Å². The van der Waals surface area contributed by atoms with Crippen molar-refractivity contribution < 1.29 is 8.85 Å². The minimum atomic E-state index is -1.31. The summed E-state index contributed by atoms with van der Waals surface area (Å²) in [6, 6.07) is 1.05. The van der Waals surface area contributed by atoms with Gasteiger partial charge < -0.3 is 14.2 Å². The molecule has 4 heteroatoms. The number of unbranched alkanes of at least 4 members (excludes halogenated alkanes) is 1. The van der Waals surface area contributed by atoms with Crippen LogP contribution in [0.3, 0.4) is 0 Å². The van der Waals surface area contributed by atoms with E-state index in [1.54, 1.807) is 14.2 Å². The van der Waals surface area contributed by atoms with E-state index in [1.807, 2.05) is 0 Å². The summed E-state index contributed by atoms with van der Waals surface area (Å²) in [7, 11) is 2.15. The second-order valence-electron chi connectivity index (χ2n) is 2.79. The lowest BCUT2D eigenvalue weighted by Gasteiger charge is -2.10. The SMILES string of the molecule is CCCCNCC[SiH](OC)OC. The molecule has 0 fully saturated rings. The highest BCUT2D eigenvalue weighted by atomic mass is 28.3. The van der Waals surface area contributed by atoms with Crippen molar-refractivity contribution in [3.8, 4) is 0 Å². The summed E-state index contributed by atoms with van der Waals surface area (Å²) in [5.74, 6) is 0. The van der Waals surface area contributed by atoms with Gasteiger partial charge in [-0.1, -0.05) is 13.3 Å². The van der Waals surface area contributed by atoms with Gasteiger partial charge in [-0.25, -0.2) is 0 Å². The Morgan fingerprint density at radius 1 is 1.17 bits per heavy atom. The molecule has 0 aliphatic carbocycles. The Labute approximate surface area is 77.3 Å². The van der Waals surface area contributed by atoms with Gasteiger partial charge in [0.1, 0.15) is 0 Å². The van der Waals surface area contributed by atoms with E-state index >= 15 is 0 Å². The van der Waals surface area contributed by atoms with Gasteiger partial charge in [-0.05, 0) is 19.5 Å². The van der Waals surface area contributed by atoms with Crippen LogP contribution in [0.4, 0.5) is 0 Å². The van der Waals surface area contributed by atoms with Crippen molar-refractivity contribution in [3.63, 3.8) is 0 Å². The average molecular weight is 191 g/mol. The summed E-state index contributed by atoms with van der Waals surface area (Å²) in [6.45, 7) is 4.34. The molecule has 0 aromatic carbocycles. The Bertz CT molecular complexity index is 89.1. The predicted octanol–water partition coefficient (Wildman–Crippen LogP) is 0.889. The van der Waals surface area contributed by atoms with Gasteiger partial charge in [0.15, 0.2) is 0 Å². The molecule has 1 N–H and O–H groups in total. The molecule has 12 heavy (non-hydrogen) atoms. The summed E-state index contributed by atoms with van der Waals surface area (Å²) in [5, 5.41) is 3.36. The minimum Gasteiger partial charge on any atom is -0.400 e. The molecule has 0 radical (unpaired) electrons. The second-order valence-corrected chi connectivity index (χ2v) is 5.17. The Morgan fingerprint density at radius 3 is 2.33 bits per heavy atom. The van der Waals surface area contributed by atoms with Crippen molar-refractivity contribution in [2.24, 2.45) is 0 Å². The van der Waals surface area contributed by atoms with E-state index in [0.717, 1.165) is 19.1 Å². The van der Waals surface area contributed by atoms with Crippen LogP contribution in [0.2, 0.25) is 6.04 Å². The second kappa shape index (κ2) is 9.19. The molecule has 0 bridgehead atoms. The molecular weight excluding hydrogens is 170 g/mol. The zero-order chi connectivity index (χ0) is 9.23. The van der Waals surface area contributed by atoms with Crippen LogP contribution < -0.4 is 5.32 Å². The van der Waals surface area contributed by atoms with E-state index in [4.69, 9.17) is 8.85 Å². The Balaban J connectivity index is 3.06. The molecule has 74 valence electrons. The number of nitrogens with one attached hydrogen (secondary N) is 1. The first-order chi connectivity index (χ1) is 5.85. The molecule has 0 amide bonds. The molecule has 0 saturated carbocycles. The zero-order valence-corrected chi connectivity index (χ0v) is 9.58. The molecule has 0 saturated heterocycles. The van der Waals surface area contributed by atoms with Gasteiger partial charge in [-0.3, -0.25) is 0 Å². The van der Waals surface area contributed by atoms with Gasteiger partial charge in [0.25, 0.3) is 0 Å². The summed E-state index contributed by atoms with van der Waals surface area (Å²) < 4.78 is 10.4. The van der Waals surface area contributed by atoms with Crippen LogP contribution in [-0.2, 0) is 8.85 Å². The van der Waals surface area contributed by atoms with Gasteiger partial charge in [-0.15, -0.1) is 0 Å². The first-order valence-corrected chi connectivity index (χ1v) is 6.37. The largest absolute Gasteiger partial charge is 0.400 e. The smallest absolute Gasteiger partial charge is 0.322 e. The lowest BCUT2D eigenvalue weighted by Crippen LogP contribution is -2.26. The fraction of sp³-hybridized carbons (Fsp3) is 1.00. The van der Waals surface area contributed by atoms with Gasteiger partial charge in [-0.2, -0.15) is 0 Å². The quantitative estimate of drug-likeness (QED) is 0.456. The Kier molecular flexibility index (Phi) is 9.26. The zero-order valence-electron chi connectivity index (χ0n) is 8.43. The molecular formula is C8H21NO2Si. The van der Waals surface area contributed by atoms with Gasteiger partial charge >= 0.3 is 9.28 Å². The maximum absolute atomic E-state index is 5.18. The van der Waals surface area contributed by atoms with Crippen molar-refractivity contribution in [1.82, 2.24) is 5.32 Å². The van der Waals surface area contributed by atoms with Gasteiger partial charge in [0.05, 0.1) is 0 Å². The third-order valence-electron chi connectivity index (χ3n) is 1.79. The molecule has 0 heterocycles. The summed E-state index contributed by atoms with van der Waals surface area (Å²) in [5.41, 5.74) is 0. The normalized spacial score (nSPS) is 11.0. The van der Waals surface area contributed by atoms with E-state index in [9.17, 15) is 0 Å². The molecule has 0 aliphatic rings. The number of rotatable bonds is 8.